The van der Waals surface area contributed by atoms with E-state index >= 15 is 8.78 Å². The first-order valence-electron chi connectivity index (χ1n) is 11.9. The highest BCUT2D eigenvalue weighted by Gasteiger charge is 2.28. The number of rotatable bonds is 7. The number of fused-ring (bicyclic) bond motifs is 1. The highest BCUT2D eigenvalue weighted by atomic mass is 35.5. The molecule has 1 atom stereocenters. The lowest BCUT2D eigenvalue weighted by Gasteiger charge is -2.35. The van der Waals surface area contributed by atoms with Gasteiger partial charge >= 0.3 is 0 Å². The monoisotopic (exact) mass is 612 g/mol. The number of anilines is 1. The zero-order valence-electron chi connectivity index (χ0n) is 21.3. The first-order chi connectivity index (χ1) is 19.0. The maximum atomic E-state index is 15.3. The number of piperazine rings is 1. The van der Waals surface area contributed by atoms with E-state index in [2.05, 4.69) is 15.2 Å². The lowest BCUT2D eigenvalue weighted by molar-refractivity contribution is 0.204. The van der Waals surface area contributed by atoms with Crippen LogP contribution in [0.2, 0.25) is 10.0 Å². The topological polar surface area (TPSA) is 127 Å². The van der Waals surface area contributed by atoms with Crippen molar-refractivity contribution >= 4 is 49.8 Å². The fraction of sp³-hybridized carbons (Fsp3) is 0.280. The third-order valence-electron chi connectivity index (χ3n) is 6.59. The Bertz CT molecular complexity index is 1650. The van der Waals surface area contributed by atoms with Crippen molar-refractivity contribution in [3.8, 4) is 22.8 Å². The normalized spacial score (nSPS) is 15.4. The summed E-state index contributed by atoms with van der Waals surface area (Å²) < 4.78 is 66.8. The Kier molecular flexibility index (Phi) is 7.77. The summed E-state index contributed by atoms with van der Waals surface area (Å²) in [5, 5.41) is 8.03. The van der Waals surface area contributed by atoms with Gasteiger partial charge in [-0.05, 0) is 18.2 Å². The second-order valence-corrected chi connectivity index (χ2v) is 11.9. The van der Waals surface area contributed by atoms with Crippen LogP contribution in [-0.4, -0.2) is 67.4 Å². The van der Waals surface area contributed by atoms with Crippen LogP contribution in [0, 0.1) is 11.6 Å². The predicted molar refractivity (Wildman–Crippen MR) is 148 cm³/mol. The van der Waals surface area contributed by atoms with E-state index in [0.717, 1.165) is 6.26 Å². The number of nitrogens with two attached hydrogens (primary N) is 1. The van der Waals surface area contributed by atoms with Crippen molar-refractivity contribution in [2.45, 2.75) is 6.23 Å². The van der Waals surface area contributed by atoms with Crippen LogP contribution in [0.3, 0.4) is 0 Å². The largest absolute Gasteiger partial charge is 0.493 e. The minimum absolute atomic E-state index is 0.131. The van der Waals surface area contributed by atoms with Gasteiger partial charge in [-0.2, -0.15) is 9.40 Å². The van der Waals surface area contributed by atoms with Crippen LogP contribution in [0.15, 0.2) is 36.7 Å². The number of sulfonamides is 1. The smallest absolute Gasteiger partial charge is 0.211 e. The van der Waals surface area contributed by atoms with E-state index in [0.29, 0.717) is 22.2 Å². The number of hydrogen-bond donors (Lipinski definition) is 2. The molecule has 15 heteroatoms. The van der Waals surface area contributed by atoms with E-state index in [4.69, 9.17) is 38.4 Å². The molecule has 2 aromatic carbocycles. The van der Waals surface area contributed by atoms with Crippen molar-refractivity contribution < 1.29 is 26.7 Å². The molecule has 4 aromatic rings. The van der Waals surface area contributed by atoms with Crippen LogP contribution in [-0.2, 0) is 10.0 Å². The number of halogens is 4. The zero-order chi connectivity index (χ0) is 28.8. The van der Waals surface area contributed by atoms with Crippen molar-refractivity contribution in [1.29, 1.82) is 0 Å². The van der Waals surface area contributed by atoms with Gasteiger partial charge in [0.05, 0.1) is 28.9 Å². The molecular weight excluding hydrogens is 589 g/mol. The molecule has 1 aliphatic rings. The molecule has 0 radical (unpaired) electrons. The van der Waals surface area contributed by atoms with Gasteiger partial charge in [0.25, 0.3) is 0 Å². The number of ether oxygens (including phenoxy) is 2. The van der Waals surface area contributed by atoms with Gasteiger partial charge in [0.15, 0.2) is 17.7 Å². The van der Waals surface area contributed by atoms with Crippen LogP contribution >= 0.6 is 23.2 Å². The Morgan fingerprint density at radius 1 is 1.02 bits per heavy atom. The van der Waals surface area contributed by atoms with Gasteiger partial charge < -0.3 is 14.4 Å². The molecule has 2 aromatic heterocycles. The molecule has 1 fully saturated rings. The molecule has 0 bridgehead atoms. The molecule has 0 amide bonds. The van der Waals surface area contributed by atoms with E-state index in [1.807, 2.05) is 0 Å². The van der Waals surface area contributed by atoms with Crippen molar-refractivity contribution in [3.05, 3.63) is 63.9 Å². The van der Waals surface area contributed by atoms with Gasteiger partial charge in [-0.3, -0.25) is 15.8 Å². The Morgan fingerprint density at radius 2 is 1.65 bits per heavy atom. The average Bonchev–Trinajstić information content (AvgIpc) is 3.30. The van der Waals surface area contributed by atoms with Crippen molar-refractivity contribution in [3.63, 3.8) is 0 Å². The average molecular weight is 613 g/mol. The fourth-order valence-corrected chi connectivity index (χ4v) is 6.04. The second kappa shape index (κ2) is 11.0. The molecular formula is C25H24Cl2F2N6O4S. The molecule has 3 heterocycles. The van der Waals surface area contributed by atoms with E-state index in [9.17, 15) is 8.42 Å². The summed E-state index contributed by atoms with van der Waals surface area (Å²) in [6.45, 7) is 0.563. The van der Waals surface area contributed by atoms with Gasteiger partial charge in [0.1, 0.15) is 23.0 Å². The van der Waals surface area contributed by atoms with Crippen molar-refractivity contribution in [2.24, 2.45) is 5.73 Å². The van der Waals surface area contributed by atoms with Crippen LogP contribution in [0.4, 0.5) is 14.5 Å². The lowest BCUT2D eigenvalue weighted by atomic mass is 10.1. The number of hydrogen-bond acceptors (Lipinski definition) is 8. The number of nitrogens with one attached hydrogen (secondary N) is 1. The quantitative estimate of drug-likeness (QED) is 0.295. The standard InChI is InChI=1S/C25H24Cl2F2N6O4S/c1-38-20-10-19-14(9-21(20)39-25(30)22-15(26)11-31-12-16(22)27)23(33-32-19)13-7-17(28)24(18(29)8-13)34-3-5-35(6-4-34)40(2,36)37/h7-12,25H,3-6,30H2,1-2H3,(H,32,33)/t25-/m0/s1. The summed E-state index contributed by atoms with van der Waals surface area (Å²) in [7, 11) is -1.93. The molecule has 3 N–H and O–H groups in total. The van der Waals surface area contributed by atoms with Gasteiger partial charge in [-0.1, -0.05) is 23.2 Å². The summed E-state index contributed by atoms with van der Waals surface area (Å²) in [6.07, 6.45) is 2.80. The SMILES string of the molecule is COc1cc2[nH]nc(-c3cc(F)c(N4CCN(S(C)(=O)=O)CC4)c(F)c3)c2cc1O[C@H](N)c1c(Cl)cncc1Cl. The number of H-pyrrole nitrogens is 1. The first-order valence-corrected chi connectivity index (χ1v) is 14.5. The predicted octanol–water partition coefficient (Wildman–Crippen LogP) is 4.34. The zero-order valence-corrected chi connectivity index (χ0v) is 23.6. The van der Waals surface area contributed by atoms with E-state index in [-0.39, 0.29) is 58.9 Å². The first kappa shape index (κ1) is 28.3. The molecule has 0 saturated carbocycles. The Labute approximate surface area is 238 Å². The Balaban J connectivity index is 1.48. The number of aromatic amines is 1. The van der Waals surface area contributed by atoms with E-state index < -0.39 is 27.9 Å². The highest BCUT2D eigenvalue weighted by Crippen LogP contribution is 2.40. The number of pyridine rings is 1. The highest BCUT2D eigenvalue weighted by molar-refractivity contribution is 7.88. The number of aromatic nitrogens is 3. The molecule has 10 nitrogen and oxygen atoms in total. The third kappa shape index (κ3) is 5.39. The van der Waals surface area contributed by atoms with Gasteiger partial charge in [-0.25, -0.2) is 17.2 Å². The Hall–Kier alpha value is -3.23. The number of benzene rings is 2. The van der Waals surface area contributed by atoms with Crippen molar-refractivity contribution in [1.82, 2.24) is 19.5 Å². The van der Waals surface area contributed by atoms with Crippen molar-refractivity contribution in [2.75, 3.05) is 44.4 Å². The van der Waals surface area contributed by atoms with E-state index in [1.165, 1.54) is 40.8 Å². The summed E-state index contributed by atoms with van der Waals surface area (Å²) in [5.74, 6) is -1.06. The maximum absolute atomic E-state index is 15.3. The Morgan fingerprint density at radius 3 is 2.23 bits per heavy atom. The molecule has 5 rings (SSSR count). The lowest BCUT2D eigenvalue weighted by Crippen LogP contribution is -2.48. The molecule has 0 spiro atoms. The molecule has 40 heavy (non-hydrogen) atoms. The minimum Gasteiger partial charge on any atom is -0.493 e. The molecule has 0 aliphatic carbocycles. The molecule has 0 unspecified atom stereocenters. The van der Waals surface area contributed by atoms with Gasteiger partial charge in [-0.15, -0.1) is 0 Å². The summed E-state index contributed by atoms with van der Waals surface area (Å²) in [4.78, 5) is 5.40. The van der Waals surface area contributed by atoms with Gasteiger partial charge in [0, 0.05) is 61.2 Å². The van der Waals surface area contributed by atoms with Crippen LogP contribution in [0.1, 0.15) is 11.8 Å². The maximum Gasteiger partial charge on any atom is 0.211 e. The fourth-order valence-electron chi connectivity index (χ4n) is 4.63. The van der Waals surface area contributed by atoms with Crippen LogP contribution in [0.25, 0.3) is 22.2 Å². The number of nitrogens with zero attached hydrogens (tertiary/aromatic N) is 4. The number of methoxy groups -OCH3 is 1. The summed E-state index contributed by atoms with van der Waals surface area (Å²) in [5.41, 5.74) is 7.31. The van der Waals surface area contributed by atoms with Gasteiger partial charge in [0.2, 0.25) is 10.0 Å². The second-order valence-electron chi connectivity index (χ2n) is 9.11. The molecule has 212 valence electrons. The third-order valence-corrected chi connectivity index (χ3v) is 8.50. The molecule has 1 aliphatic heterocycles. The van der Waals surface area contributed by atoms with E-state index in [1.54, 1.807) is 12.1 Å². The summed E-state index contributed by atoms with van der Waals surface area (Å²) in [6, 6.07) is 5.57. The molecule has 1 saturated heterocycles. The summed E-state index contributed by atoms with van der Waals surface area (Å²) >= 11 is 12.4. The van der Waals surface area contributed by atoms with Crippen LogP contribution in [0.5, 0.6) is 11.5 Å². The minimum atomic E-state index is -3.38. The van der Waals surface area contributed by atoms with Crippen LogP contribution < -0.4 is 20.1 Å².